The molecule has 8 nitrogen and oxygen atoms in total. The maximum atomic E-state index is 13.0. The number of carbonyl (C=O) groups excluding carboxylic acids is 1. The second-order valence-corrected chi connectivity index (χ2v) is 12.0. The van der Waals surface area contributed by atoms with E-state index in [9.17, 15) is 26.0 Å². The number of sulfonamides is 2. The fourth-order valence-electron chi connectivity index (χ4n) is 2.86. The Kier molecular flexibility index (Phi) is 8.17. The molecule has 2 N–H and O–H groups in total. The van der Waals surface area contributed by atoms with Crippen LogP contribution >= 0.6 is 34.8 Å². The molecule has 1 amide bonds. The highest BCUT2D eigenvalue weighted by Crippen LogP contribution is 2.35. The molecule has 14 heteroatoms. The summed E-state index contributed by atoms with van der Waals surface area (Å²) in [4.78, 5) is 12.5. The maximum Gasteiger partial charge on any atom is 0.261 e. The number of amides is 1. The Morgan fingerprint density at radius 2 is 1.40 bits per heavy atom. The molecule has 0 bridgehead atoms. The molecule has 3 aromatic rings. The predicted octanol–water partition coefficient (Wildman–Crippen LogP) is 4.99. The van der Waals surface area contributed by atoms with Crippen LogP contribution in [0.15, 0.2) is 65.6 Å². The van der Waals surface area contributed by atoms with E-state index in [1.165, 1.54) is 48.5 Å². The Hall–Kier alpha value is -2.57. The molecule has 0 saturated heterocycles. The lowest BCUT2D eigenvalue weighted by Gasteiger charge is -2.23. The molecule has 0 aliphatic heterocycles. The van der Waals surface area contributed by atoms with Crippen LogP contribution < -0.4 is 14.3 Å². The number of carbonyl (C=O) groups is 1. The van der Waals surface area contributed by atoms with Crippen molar-refractivity contribution in [3.63, 3.8) is 0 Å². The van der Waals surface area contributed by atoms with Gasteiger partial charge in [0.2, 0.25) is 15.9 Å². The van der Waals surface area contributed by atoms with Crippen LogP contribution in [-0.4, -0.2) is 35.5 Å². The lowest BCUT2D eigenvalue weighted by Crippen LogP contribution is -2.37. The van der Waals surface area contributed by atoms with Gasteiger partial charge in [0.1, 0.15) is 12.4 Å². The molecule has 0 atom stereocenters. The van der Waals surface area contributed by atoms with E-state index in [2.05, 4.69) is 10.0 Å². The van der Waals surface area contributed by atoms with Crippen molar-refractivity contribution in [1.29, 1.82) is 0 Å². The van der Waals surface area contributed by atoms with Gasteiger partial charge in [-0.25, -0.2) is 21.2 Å². The van der Waals surface area contributed by atoms with Gasteiger partial charge in [0, 0.05) is 11.4 Å². The summed E-state index contributed by atoms with van der Waals surface area (Å²) in [6.45, 7) is -0.636. The zero-order valence-corrected chi connectivity index (χ0v) is 21.7. The lowest BCUT2D eigenvalue weighted by molar-refractivity contribution is -0.114. The third kappa shape index (κ3) is 6.98. The van der Waals surface area contributed by atoms with Gasteiger partial charge in [-0.15, -0.1) is 0 Å². The SMILES string of the molecule is CS(=O)(=O)N(CC(=O)Nc1ccc(S(=O)(=O)Nc2ccc(F)cc2)cc1)c1cc(Cl)c(Cl)cc1Cl. The molecular formula is C21H17Cl3FN3O5S2. The number of hydrogen-bond acceptors (Lipinski definition) is 5. The minimum Gasteiger partial charge on any atom is -0.325 e. The first-order valence-electron chi connectivity index (χ1n) is 9.57. The van der Waals surface area contributed by atoms with Crippen LogP contribution in [-0.2, 0) is 24.8 Å². The molecule has 0 aliphatic rings. The van der Waals surface area contributed by atoms with Gasteiger partial charge < -0.3 is 5.32 Å². The summed E-state index contributed by atoms with van der Waals surface area (Å²) in [5.74, 6) is -1.23. The predicted molar refractivity (Wildman–Crippen MR) is 136 cm³/mol. The molecule has 0 aliphatic carbocycles. The number of rotatable bonds is 8. The summed E-state index contributed by atoms with van der Waals surface area (Å²) in [6, 6.07) is 12.4. The normalized spacial score (nSPS) is 11.7. The Morgan fingerprint density at radius 3 is 1.97 bits per heavy atom. The summed E-state index contributed by atoms with van der Waals surface area (Å²) < 4.78 is 65.7. The fraction of sp³-hybridized carbons (Fsp3) is 0.0952. The highest BCUT2D eigenvalue weighted by molar-refractivity contribution is 7.92. The van der Waals surface area contributed by atoms with Gasteiger partial charge in [-0.3, -0.25) is 13.8 Å². The van der Waals surface area contributed by atoms with Crippen LogP contribution in [0.2, 0.25) is 15.1 Å². The largest absolute Gasteiger partial charge is 0.325 e. The minimum atomic E-state index is -3.97. The molecule has 35 heavy (non-hydrogen) atoms. The number of nitrogens with zero attached hydrogens (tertiary/aromatic N) is 1. The highest BCUT2D eigenvalue weighted by Gasteiger charge is 2.24. The van der Waals surface area contributed by atoms with Crippen LogP contribution in [0.4, 0.5) is 21.5 Å². The van der Waals surface area contributed by atoms with E-state index in [0.29, 0.717) is 0 Å². The molecule has 3 rings (SSSR count). The first-order chi connectivity index (χ1) is 16.3. The van der Waals surface area contributed by atoms with Gasteiger partial charge in [0.25, 0.3) is 10.0 Å². The van der Waals surface area contributed by atoms with Crippen LogP contribution in [0.3, 0.4) is 0 Å². The quantitative estimate of drug-likeness (QED) is 0.365. The van der Waals surface area contributed by atoms with Crippen molar-refractivity contribution in [2.24, 2.45) is 0 Å². The zero-order valence-electron chi connectivity index (χ0n) is 17.8. The monoisotopic (exact) mass is 579 g/mol. The number of hydrogen-bond donors (Lipinski definition) is 2. The molecule has 0 heterocycles. The topological polar surface area (TPSA) is 113 Å². The Morgan fingerprint density at radius 1 is 0.857 bits per heavy atom. The number of benzene rings is 3. The third-order valence-corrected chi connectivity index (χ3v) is 8.04. The fourth-order valence-corrected chi connectivity index (χ4v) is 5.48. The summed E-state index contributed by atoms with van der Waals surface area (Å²) in [7, 11) is -7.91. The molecule has 0 aromatic heterocycles. The molecule has 0 radical (unpaired) electrons. The maximum absolute atomic E-state index is 13.0. The zero-order chi connectivity index (χ0) is 26.0. The lowest BCUT2D eigenvalue weighted by atomic mass is 10.3. The molecule has 186 valence electrons. The van der Waals surface area contributed by atoms with Gasteiger partial charge in [0.05, 0.1) is 31.9 Å². The summed E-state index contributed by atoms with van der Waals surface area (Å²) in [5.41, 5.74) is 0.349. The van der Waals surface area contributed by atoms with Crippen molar-refractivity contribution in [3.05, 3.63) is 81.5 Å². The van der Waals surface area contributed by atoms with Gasteiger partial charge >= 0.3 is 0 Å². The van der Waals surface area contributed by atoms with Crippen molar-refractivity contribution in [2.45, 2.75) is 4.90 Å². The first kappa shape index (κ1) is 27.0. The molecule has 0 fully saturated rings. The molecule has 0 unspecified atom stereocenters. The van der Waals surface area contributed by atoms with Gasteiger partial charge in [-0.2, -0.15) is 0 Å². The average Bonchev–Trinajstić information content (AvgIpc) is 2.76. The molecule has 0 saturated carbocycles. The number of halogens is 4. The Bertz CT molecular complexity index is 1470. The van der Waals surface area contributed by atoms with Crippen LogP contribution in [0.25, 0.3) is 0 Å². The van der Waals surface area contributed by atoms with Crippen molar-refractivity contribution >= 4 is 77.8 Å². The van der Waals surface area contributed by atoms with Crippen molar-refractivity contribution in [3.8, 4) is 0 Å². The van der Waals surface area contributed by atoms with Gasteiger partial charge in [0.15, 0.2) is 0 Å². The van der Waals surface area contributed by atoms with Crippen molar-refractivity contribution < 1.29 is 26.0 Å². The van der Waals surface area contributed by atoms with Crippen molar-refractivity contribution in [2.75, 3.05) is 27.1 Å². The minimum absolute atomic E-state index is 0.0270. The standard InChI is InChI=1S/C21H17Cl3FN3O5S2/c1-34(30,31)28(20-11-18(23)17(22)10-19(20)24)12-21(29)26-14-6-8-16(9-7-14)35(32,33)27-15-4-2-13(25)3-5-15/h2-11,27H,12H2,1H3,(H,26,29). The van der Waals surface area contributed by atoms with Crippen LogP contribution in [0.1, 0.15) is 0 Å². The average molecular weight is 581 g/mol. The van der Waals surface area contributed by atoms with E-state index >= 15 is 0 Å². The Balaban J connectivity index is 1.74. The van der Waals surface area contributed by atoms with Gasteiger partial charge in [-0.1, -0.05) is 34.8 Å². The molecule has 3 aromatic carbocycles. The second-order valence-electron chi connectivity index (χ2n) is 7.17. The van der Waals surface area contributed by atoms with Crippen molar-refractivity contribution in [1.82, 2.24) is 0 Å². The number of nitrogens with one attached hydrogen (secondary N) is 2. The first-order valence-corrected chi connectivity index (χ1v) is 14.0. The molecule has 0 spiro atoms. The number of anilines is 3. The van der Waals surface area contributed by atoms with E-state index in [0.717, 1.165) is 22.7 Å². The summed E-state index contributed by atoms with van der Waals surface area (Å²) >= 11 is 18.0. The van der Waals surface area contributed by atoms with Gasteiger partial charge in [-0.05, 0) is 60.7 Å². The molecular weight excluding hydrogens is 564 g/mol. The highest BCUT2D eigenvalue weighted by atomic mass is 35.5. The summed E-state index contributed by atoms with van der Waals surface area (Å²) in [5, 5.41) is 2.62. The third-order valence-electron chi connectivity index (χ3n) is 4.49. The van der Waals surface area contributed by atoms with E-state index in [1.807, 2.05) is 0 Å². The van der Waals surface area contributed by atoms with E-state index < -0.39 is 38.3 Å². The summed E-state index contributed by atoms with van der Waals surface area (Å²) in [6.07, 6.45) is 0.896. The van der Waals surface area contributed by atoms with E-state index in [4.69, 9.17) is 34.8 Å². The van der Waals surface area contributed by atoms with E-state index in [1.54, 1.807) is 0 Å². The van der Waals surface area contributed by atoms with Crippen LogP contribution in [0.5, 0.6) is 0 Å². The van der Waals surface area contributed by atoms with Crippen LogP contribution in [0, 0.1) is 5.82 Å². The van der Waals surface area contributed by atoms with E-state index in [-0.39, 0.29) is 37.0 Å². The Labute approximate surface area is 216 Å². The second kappa shape index (κ2) is 10.6. The smallest absolute Gasteiger partial charge is 0.261 e.